The van der Waals surface area contributed by atoms with E-state index in [4.69, 9.17) is 4.74 Å². The molecule has 0 N–H and O–H groups in total. The van der Waals surface area contributed by atoms with Crippen LogP contribution >= 0.6 is 0 Å². The molecule has 2 aromatic rings. The molecule has 0 aliphatic heterocycles. The highest BCUT2D eigenvalue weighted by molar-refractivity contribution is 6.73. The van der Waals surface area contributed by atoms with E-state index in [1.807, 2.05) is 18.2 Å². The first-order valence-electron chi connectivity index (χ1n) is 5.45. The molecular formula is C13H11BF3O-. The first kappa shape index (κ1) is 12.5. The normalized spacial score (nSPS) is 11.3. The van der Waals surface area contributed by atoms with Gasteiger partial charge in [-0.25, -0.2) is 0 Å². The zero-order valence-electron chi connectivity index (χ0n) is 9.74. The van der Waals surface area contributed by atoms with Crippen LogP contribution in [-0.2, 0) is 0 Å². The van der Waals surface area contributed by atoms with Gasteiger partial charge in [-0.15, -0.1) is 5.46 Å². The summed E-state index contributed by atoms with van der Waals surface area (Å²) >= 11 is 0. The Morgan fingerprint density at radius 2 is 1.50 bits per heavy atom. The highest BCUT2D eigenvalue weighted by Crippen LogP contribution is 2.29. The van der Waals surface area contributed by atoms with Crippen LogP contribution in [-0.4, -0.2) is 14.1 Å². The molecule has 0 spiro atoms. The quantitative estimate of drug-likeness (QED) is 0.759. The molecule has 0 radical (unpaired) electrons. The Bertz CT molecular complexity index is 535. The topological polar surface area (TPSA) is 9.23 Å². The fraction of sp³-hybridized carbons (Fsp3) is 0.0769. The number of benzene rings is 2. The van der Waals surface area contributed by atoms with Crippen LogP contribution in [0.25, 0.3) is 11.1 Å². The highest BCUT2D eigenvalue weighted by Gasteiger charge is 2.25. The molecule has 0 atom stereocenters. The Labute approximate surface area is 103 Å². The minimum atomic E-state index is -4.94. The van der Waals surface area contributed by atoms with Gasteiger partial charge in [0.1, 0.15) is 5.75 Å². The maximum absolute atomic E-state index is 12.5. The van der Waals surface area contributed by atoms with Gasteiger partial charge in [0.25, 0.3) is 0 Å². The summed E-state index contributed by atoms with van der Waals surface area (Å²) in [5.74, 6) is 0.641. The summed E-state index contributed by atoms with van der Waals surface area (Å²) in [6, 6.07) is 12.3. The number of para-hydroxylation sites is 1. The molecule has 0 amide bonds. The van der Waals surface area contributed by atoms with Crippen LogP contribution in [0.2, 0.25) is 0 Å². The first-order valence-corrected chi connectivity index (χ1v) is 5.45. The molecule has 18 heavy (non-hydrogen) atoms. The summed E-state index contributed by atoms with van der Waals surface area (Å²) in [7, 11) is 1.53. The predicted molar refractivity (Wildman–Crippen MR) is 67.1 cm³/mol. The van der Waals surface area contributed by atoms with Crippen molar-refractivity contribution in [2.75, 3.05) is 7.11 Å². The SMILES string of the molecule is COc1ccccc1-c1ccc([B-](F)(F)F)cc1. The Balaban J connectivity index is 2.41. The Hall–Kier alpha value is -1.91. The van der Waals surface area contributed by atoms with Crippen LogP contribution in [0.1, 0.15) is 0 Å². The van der Waals surface area contributed by atoms with Crippen LogP contribution in [0.3, 0.4) is 0 Å². The minimum Gasteiger partial charge on any atom is -0.496 e. The summed E-state index contributed by atoms with van der Waals surface area (Å²) in [5.41, 5.74) is 0.895. The van der Waals surface area contributed by atoms with E-state index in [1.54, 1.807) is 6.07 Å². The Morgan fingerprint density at radius 1 is 0.889 bits per heavy atom. The van der Waals surface area contributed by atoms with Crippen LogP contribution in [0, 0.1) is 0 Å². The van der Waals surface area contributed by atoms with Gasteiger partial charge in [0, 0.05) is 5.56 Å². The van der Waals surface area contributed by atoms with Gasteiger partial charge < -0.3 is 17.7 Å². The number of ether oxygens (including phenoxy) is 1. The van der Waals surface area contributed by atoms with E-state index in [0.717, 1.165) is 17.7 Å². The van der Waals surface area contributed by atoms with Gasteiger partial charge in [0.2, 0.25) is 0 Å². The van der Waals surface area contributed by atoms with Crippen molar-refractivity contribution in [2.45, 2.75) is 0 Å². The zero-order chi connectivity index (χ0) is 13.2. The average Bonchev–Trinajstić information content (AvgIpc) is 2.38. The molecule has 0 fully saturated rings. The van der Waals surface area contributed by atoms with Crippen molar-refractivity contribution >= 4 is 12.4 Å². The molecule has 0 aromatic heterocycles. The minimum absolute atomic E-state index is 0.589. The van der Waals surface area contributed by atoms with Crippen LogP contribution < -0.4 is 10.2 Å². The molecule has 0 aliphatic carbocycles. The van der Waals surface area contributed by atoms with E-state index in [-0.39, 0.29) is 0 Å². The van der Waals surface area contributed by atoms with E-state index in [1.165, 1.54) is 19.2 Å². The van der Waals surface area contributed by atoms with Crippen molar-refractivity contribution < 1.29 is 17.7 Å². The summed E-state index contributed by atoms with van der Waals surface area (Å²) in [4.78, 5) is 0. The number of rotatable bonds is 3. The molecule has 0 heterocycles. The van der Waals surface area contributed by atoms with Gasteiger partial charge in [0.05, 0.1) is 7.11 Å². The second-order valence-corrected chi connectivity index (χ2v) is 3.90. The molecule has 94 valence electrons. The fourth-order valence-corrected chi connectivity index (χ4v) is 1.76. The van der Waals surface area contributed by atoms with E-state index in [2.05, 4.69) is 0 Å². The fourth-order valence-electron chi connectivity index (χ4n) is 1.76. The molecule has 0 bridgehead atoms. The summed E-state index contributed by atoms with van der Waals surface area (Å²) in [6.07, 6.45) is 0. The monoisotopic (exact) mass is 251 g/mol. The van der Waals surface area contributed by atoms with Gasteiger partial charge in [-0.1, -0.05) is 42.5 Å². The lowest BCUT2D eigenvalue weighted by Gasteiger charge is -2.15. The molecule has 0 unspecified atom stereocenters. The molecular weight excluding hydrogens is 240 g/mol. The zero-order valence-corrected chi connectivity index (χ0v) is 9.74. The second-order valence-electron chi connectivity index (χ2n) is 3.90. The predicted octanol–water partition coefficient (Wildman–Crippen LogP) is 3.42. The Kier molecular flexibility index (Phi) is 3.32. The van der Waals surface area contributed by atoms with E-state index < -0.39 is 12.4 Å². The molecule has 0 saturated carbocycles. The van der Waals surface area contributed by atoms with E-state index in [9.17, 15) is 12.9 Å². The highest BCUT2D eigenvalue weighted by atomic mass is 19.4. The number of hydrogen-bond donors (Lipinski definition) is 0. The van der Waals surface area contributed by atoms with E-state index in [0.29, 0.717) is 11.3 Å². The molecule has 5 heteroatoms. The largest absolute Gasteiger partial charge is 0.509 e. The average molecular weight is 251 g/mol. The lowest BCUT2D eigenvalue weighted by Crippen LogP contribution is -2.33. The van der Waals surface area contributed by atoms with Crippen LogP contribution in [0.4, 0.5) is 12.9 Å². The molecule has 1 nitrogen and oxygen atoms in total. The van der Waals surface area contributed by atoms with Crippen LogP contribution in [0.5, 0.6) is 5.75 Å². The van der Waals surface area contributed by atoms with Gasteiger partial charge in [-0.05, 0) is 11.6 Å². The van der Waals surface area contributed by atoms with Crippen molar-refractivity contribution in [2.24, 2.45) is 0 Å². The Morgan fingerprint density at radius 3 is 2.06 bits per heavy atom. The van der Waals surface area contributed by atoms with Crippen LogP contribution in [0.15, 0.2) is 48.5 Å². The first-order chi connectivity index (χ1) is 8.52. The summed E-state index contributed by atoms with van der Waals surface area (Å²) in [5, 5.41) is 0. The van der Waals surface area contributed by atoms with Crippen molar-refractivity contribution in [1.82, 2.24) is 0 Å². The molecule has 0 saturated heterocycles. The number of halogens is 3. The molecule has 2 aromatic carbocycles. The summed E-state index contributed by atoms with van der Waals surface area (Å²) < 4.78 is 42.7. The summed E-state index contributed by atoms with van der Waals surface area (Å²) in [6.45, 7) is -4.94. The maximum Gasteiger partial charge on any atom is 0.509 e. The smallest absolute Gasteiger partial charge is 0.496 e. The molecule has 2 rings (SSSR count). The molecule has 0 aliphatic rings. The van der Waals surface area contributed by atoms with Crippen molar-refractivity contribution in [3.63, 3.8) is 0 Å². The van der Waals surface area contributed by atoms with Gasteiger partial charge >= 0.3 is 6.98 Å². The van der Waals surface area contributed by atoms with Gasteiger partial charge in [-0.2, -0.15) is 0 Å². The lowest BCUT2D eigenvalue weighted by molar-refractivity contribution is 0.416. The van der Waals surface area contributed by atoms with Crippen molar-refractivity contribution in [1.29, 1.82) is 0 Å². The second kappa shape index (κ2) is 4.76. The standard InChI is InChI=1S/C13H11BF3O/c1-18-13-5-3-2-4-12(13)10-6-8-11(9-7-10)14(15,16)17/h2-9H,1H3/q-1. The van der Waals surface area contributed by atoms with E-state index >= 15 is 0 Å². The third-order valence-corrected chi connectivity index (χ3v) is 2.71. The third-order valence-electron chi connectivity index (χ3n) is 2.71. The number of hydrogen-bond acceptors (Lipinski definition) is 1. The van der Waals surface area contributed by atoms with Gasteiger partial charge in [-0.3, -0.25) is 0 Å². The third kappa shape index (κ3) is 2.50. The lowest BCUT2D eigenvalue weighted by atomic mass is 9.79. The van der Waals surface area contributed by atoms with Gasteiger partial charge in [0.15, 0.2) is 0 Å². The van der Waals surface area contributed by atoms with Crippen molar-refractivity contribution in [3.8, 4) is 16.9 Å². The van der Waals surface area contributed by atoms with Crippen molar-refractivity contribution in [3.05, 3.63) is 48.5 Å². The maximum atomic E-state index is 12.5. The number of methoxy groups -OCH3 is 1.